The Morgan fingerprint density at radius 2 is 2.08 bits per heavy atom. The molecule has 0 radical (unpaired) electrons. The maximum Gasteiger partial charge on any atom is 0.317 e. The Morgan fingerprint density at radius 3 is 2.73 bits per heavy atom. The minimum atomic E-state index is -0.284. The number of nitrogens with one attached hydrogen (secondary N) is 1. The highest BCUT2D eigenvalue weighted by Gasteiger charge is 2.25. The van der Waals surface area contributed by atoms with E-state index in [1.54, 1.807) is 23.2 Å². The van der Waals surface area contributed by atoms with Gasteiger partial charge in [-0.1, -0.05) is 18.2 Å². The molecule has 1 aromatic carbocycles. The second-order valence-electron chi connectivity index (χ2n) is 6.43. The number of carbonyl (C=O) groups excluding carboxylic acids is 1. The zero-order valence-corrected chi connectivity index (χ0v) is 15.0. The molecule has 0 bridgehead atoms. The van der Waals surface area contributed by atoms with E-state index >= 15 is 0 Å². The molecule has 1 aromatic heterocycles. The van der Waals surface area contributed by atoms with E-state index in [9.17, 15) is 9.18 Å². The fourth-order valence-corrected chi connectivity index (χ4v) is 2.79. The highest BCUT2D eigenvalue weighted by atomic mass is 19.1. The molecule has 7 heteroatoms. The number of rotatable bonds is 4. The molecule has 0 spiro atoms. The quantitative estimate of drug-likeness (QED) is 0.913. The predicted molar refractivity (Wildman–Crippen MR) is 97.5 cm³/mol. The number of aromatic nitrogens is 1. The van der Waals surface area contributed by atoms with Crippen LogP contribution < -0.4 is 10.2 Å². The summed E-state index contributed by atoms with van der Waals surface area (Å²) < 4.78 is 18.8. The number of nitrogens with zero attached hydrogens (tertiary/aromatic N) is 3. The van der Waals surface area contributed by atoms with Crippen molar-refractivity contribution in [2.45, 2.75) is 12.6 Å². The Morgan fingerprint density at radius 1 is 1.31 bits per heavy atom. The van der Waals surface area contributed by atoms with Crippen LogP contribution in [-0.4, -0.2) is 49.7 Å². The number of benzene rings is 1. The Kier molecular flexibility index (Phi) is 5.68. The molecule has 1 atom stereocenters. The first kappa shape index (κ1) is 18.1. The van der Waals surface area contributed by atoms with Gasteiger partial charge in [0.15, 0.2) is 0 Å². The van der Waals surface area contributed by atoms with Crippen LogP contribution in [0.4, 0.5) is 15.0 Å². The van der Waals surface area contributed by atoms with Crippen LogP contribution in [0.15, 0.2) is 42.6 Å². The summed E-state index contributed by atoms with van der Waals surface area (Å²) in [7, 11) is 3.86. The Balaban J connectivity index is 1.54. The van der Waals surface area contributed by atoms with E-state index in [0.29, 0.717) is 26.2 Å². The van der Waals surface area contributed by atoms with E-state index < -0.39 is 0 Å². The number of anilines is 1. The molecule has 2 aromatic rings. The van der Waals surface area contributed by atoms with Crippen molar-refractivity contribution in [1.82, 2.24) is 15.2 Å². The lowest BCUT2D eigenvalue weighted by Gasteiger charge is -2.33. The third kappa shape index (κ3) is 4.49. The number of urea groups is 1. The molecule has 0 aliphatic carbocycles. The third-order valence-corrected chi connectivity index (χ3v) is 4.31. The zero-order chi connectivity index (χ0) is 18.5. The lowest BCUT2D eigenvalue weighted by molar-refractivity contribution is -0.0155. The summed E-state index contributed by atoms with van der Waals surface area (Å²) in [6.07, 6.45) is 1.52. The summed E-state index contributed by atoms with van der Waals surface area (Å²) in [5, 5.41) is 2.92. The van der Waals surface area contributed by atoms with Crippen molar-refractivity contribution in [3.05, 3.63) is 59.5 Å². The largest absolute Gasteiger partial charge is 0.370 e. The van der Waals surface area contributed by atoms with Gasteiger partial charge in [-0.2, -0.15) is 0 Å². The molecule has 1 aliphatic rings. The van der Waals surface area contributed by atoms with Gasteiger partial charge in [-0.25, -0.2) is 14.2 Å². The Labute approximate surface area is 152 Å². The first-order chi connectivity index (χ1) is 12.5. The second kappa shape index (κ2) is 8.14. The molecule has 0 saturated carbocycles. The summed E-state index contributed by atoms with van der Waals surface area (Å²) in [4.78, 5) is 20.4. The van der Waals surface area contributed by atoms with Crippen LogP contribution >= 0.6 is 0 Å². The van der Waals surface area contributed by atoms with Gasteiger partial charge in [0.2, 0.25) is 0 Å². The summed E-state index contributed by atoms with van der Waals surface area (Å²) in [6.45, 7) is 1.84. The SMILES string of the molecule is CN(C)c1ccc(CNC(=O)N2CCOC(c3ccc(F)cc3)C2)cn1. The maximum atomic E-state index is 13.1. The van der Waals surface area contributed by atoms with Gasteiger partial charge < -0.3 is 19.9 Å². The summed E-state index contributed by atoms with van der Waals surface area (Å²) in [5.74, 6) is 0.587. The summed E-state index contributed by atoms with van der Waals surface area (Å²) >= 11 is 0. The van der Waals surface area contributed by atoms with Crippen LogP contribution in [0, 0.1) is 5.82 Å². The van der Waals surface area contributed by atoms with E-state index in [0.717, 1.165) is 16.9 Å². The molecule has 1 fully saturated rings. The van der Waals surface area contributed by atoms with Crippen LogP contribution in [-0.2, 0) is 11.3 Å². The lowest BCUT2D eigenvalue weighted by atomic mass is 10.1. The van der Waals surface area contributed by atoms with Crippen LogP contribution in [0.3, 0.4) is 0 Å². The van der Waals surface area contributed by atoms with Crippen molar-refractivity contribution in [3.8, 4) is 0 Å². The highest BCUT2D eigenvalue weighted by molar-refractivity contribution is 5.74. The highest BCUT2D eigenvalue weighted by Crippen LogP contribution is 2.22. The fourth-order valence-electron chi connectivity index (χ4n) is 2.79. The Hall–Kier alpha value is -2.67. The van der Waals surface area contributed by atoms with Crippen molar-refractivity contribution in [1.29, 1.82) is 0 Å². The number of hydrogen-bond acceptors (Lipinski definition) is 4. The second-order valence-corrected chi connectivity index (χ2v) is 6.43. The van der Waals surface area contributed by atoms with Gasteiger partial charge >= 0.3 is 6.03 Å². The molecule has 1 N–H and O–H groups in total. The molecule has 3 rings (SSSR count). The zero-order valence-electron chi connectivity index (χ0n) is 15.0. The van der Waals surface area contributed by atoms with Crippen molar-refractivity contribution in [3.63, 3.8) is 0 Å². The minimum Gasteiger partial charge on any atom is -0.370 e. The van der Waals surface area contributed by atoms with Gasteiger partial charge in [0.05, 0.1) is 13.2 Å². The fraction of sp³-hybridized carbons (Fsp3) is 0.368. The number of pyridine rings is 1. The van der Waals surface area contributed by atoms with Gasteiger partial charge in [0, 0.05) is 33.4 Å². The molecular weight excluding hydrogens is 335 g/mol. The van der Waals surface area contributed by atoms with Crippen LogP contribution in [0.2, 0.25) is 0 Å². The summed E-state index contributed by atoms with van der Waals surface area (Å²) in [6, 6.07) is 9.92. The number of halogens is 1. The monoisotopic (exact) mass is 358 g/mol. The molecule has 1 aliphatic heterocycles. The standard InChI is InChI=1S/C19H23FN4O2/c1-23(2)18-8-3-14(11-21-18)12-22-19(25)24-9-10-26-17(13-24)15-4-6-16(20)7-5-15/h3-8,11,17H,9-10,12-13H2,1-2H3,(H,22,25). The maximum absolute atomic E-state index is 13.1. The molecule has 6 nitrogen and oxygen atoms in total. The van der Waals surface area contributed by atoms with Crippen LogP contribution in [0.25, 0.3) is 0 Å². The van der Waals surface area contributed by atoms with E-state index in [2.05, 4.69) is 10.3 Å². The topological polar surface area (TPSA) is 57.7 Å². The van der Waals surface area contributed by atoms with Crippen molar-refractivity contribution >= 4 is 11.8 Å². The van der Waals surface area contributed by atoms with Gasteiger partial charge in [0.25, 0.3) is 0 Å². The number of ether oxygens (including phenoxy) is 1. The molecule has 26 heavy (non-hydrogen) atoms. The normalized spacial score (nSPS) is 17.0. The average Bonchev–Trinajstić information content (AvgIpc) is 2.67. The average molecular weight is 358 g/mol. The van der Waals surface area contributed by atoms with E-state index in [-0.39, 0.29) is 18.0 Å². The van der Waals surface area contributed by atoms with Crippen molar-refractivity contribution < 1.29 is 13.9 Å². The van der Waals surface area contributed by atoms with E-state index in [1.807, 2.05) is 31.1 Å². The van der Waals surface area contributed by atoms with Gasteiger partial charge in [-0.15, -0.1) is 0 Å². The number of amides is 2. The smallest absolute Gasteiger partial charge is 0.317 e. The van der Waals surface area contributed by atoms with Crippen molar-refractivity contribution in [2.75, 3.05) is 38.7 Å². The number of hydrogen-bond donors (Lipinski definition) is 1. The van der Waals surface area contributed by atoms with Crippen molar-refractivity contribution in [2.24, 2.45) is 0 Å². The van der Waals surface area contributed by atoms with Gasteiger partial charge in [-0.3, -0.25) is 0 Å². The first-order valence-corrected chi connectivity index (χ1v) is 8.55. The van der Waals surface area contributed by atoms with E-state index in [1.165, 1.54) is 12.1 Å². The summed E-state index contributed by atoms with van der Waals surface area (Å²) in [5.41, 5.74) is 1.81. The number of carbonyl (C=O) groups is 1. The molecule has 2 amide bonds. The van der Waals surface area contributed by atoms with Gasteiger partial charge in [-0.05, 0) is 29.3 Å². The minimum absolute atomic E-state index is 0.142. The third-order valence-electron chi connectivity index (χ3n) is 4.31. The molecule has 138 valence electrons. The van der Waals surface area contributed by atoms with Crippen LogP contribution in [0.5, 0.6) is 0 Å². The molecule has 1 saturated heterocycles. The predicted octanol–water partition coefficient (Wildman–Crippen LogP) is 2.57. The lowest BCUT2D eigenvalue weighted by Crippen LogP contribution is -2.46. The van der Waals surface area contributed by atoms with Gasteiger partial charge in [0.1, 0.15) is 17.7 Å². The van der Waals surface area contributed by atoms with Crippen LogP contribution in [0.1, 0.15) is 17.2 Å². The molecule has 2 heterocycles. The Bertz CT molecular complexity index is 734. The number of morpholine rings is 1. The molecule has 1 unspecified atom stereocenters. The first-order valence-electron chi connectivity index (χ1n) is 8.55. The molecular formula is C19H23FN4O2. The van der Waals surface area contributed by atoms with E-state index in [4.69, 9.17) is 4.74 Å².